The lowest BCUT2D eigenvalue weighted by Gasteiger charge is -2.48. The molecule has 2 rings (SSSR count). The number of hydrogen-bond acceptors (Lipinski definition) is 3. The van der Waals surface area contributed by atoms with Crippen LogP contribution >= 0.6 is 11.8 Å². The van der Waals surface area contributed by atoms with Gasteiger partial charge in [0.25, 0.3) is 0 Å². The summed E-state index contributed by atoms with van der Waals surface area (Å²) in [4.78, 5) is 2.71. The van der Waals surface area contributed by atoms with Crippen molar-refractivity contribution in [3.8, 4) is 0 Å². The molecule has 0 aromatic rings. The van der Waals surface area contributed by atoms with E-state index < -0.39 is 0 Å². The van der Waals surface area contributed by atoms with Gasteiger partial charge < -0.3 is 5.73 Å². The quantitative estimate of drug-likeness (QED) is 0.805. The van der Waals surface area contributed by atoms with Crippen molar-refractivity contribution in [2.24, 2.45) is 17.6 Å². The molecule has 3 heteroatoms. The minimum Gasteiger partial charge on any atom is -0.329 e. The van der Waals surface area contributed by atoms with Gasteiger partial charge in [-0.2, -0.15) is 11.8 Å². The van der Waals surface area contributed by atoms with E-state index in [0.717, 1.165) is 18.4 Å². The number of nitrogens with two attached hydrogens (primary N) is 1. The summed E-state index contributed by atoms with van der Waals surface area (Å²) in [6.07, 6.45) is 2.64. The average molecular weight is 242 g/mol. The maximum atomic E-state index is 6.14. The third kappa shape index (κ3) is 2.02. The van der Waals surface area contributed by atoms with Gasteiger partial charge in [-0.3, -0.25) is 4.90 Å². The molecule has 2 nitrogen and oxygen atoms in total. The number of nitrogens with zero attached hydrogens (tertiary/aromatic N) is 1. The predicted octanol–water partition coefficient (Wildman–Crippen LogP) is 2.19. The van der Waals surface area contributed by atoms with Crippen LogP contribution in [0.5, 0.6) is 0 Å². The molecule has 2 N–H and O–H groups in total. The van der Waals surface area contributed by atoms with Crippen LogP contribution in [0.1, 0.15) is 33.6 Å². The van der Waals surface area contributed by atoms with Gasteiger partial charge in [-0.25, -0.2) is 0 Å². The molecule has 0 aliphatic carbocycles. The Kier molecular flexibility index (Phi) is 3.87. The van der Waals surface area contributed by atoms with Crippen LogP contribution in [0.25, 0.3) is 0 Å². The first kappa shape index (κ1) is 12.7. The minimum absolute atomic E-state index is 0.294. The normalized spacial score (nSPS) is 46.1. The molecule has 94 valence electrons. The van der Waals surface area contributed by atoms with E-state index in [9.17, 15) is 0 Å². The third-order valence-corrected chi connectivity index (χ3v) is 6.31. The van der Waals surface area contributed by atoms with Gasteiger partial charge in [0, 0.05) is 30.4 Å². The van der Waals surface area contributed by atoms with Crippen molar-refractivity contribution in [3.63, 3.8) is 0 Å². The first-order valence-electron chi connectivity index (χ1n) is 6.67. The molecule has 4 atom stereocenters. The van der Waals surface area contributed by atoms with Crippen molar-refractivity contribution in [1.29, 1.82) is 0 Å². The molecule has 0 amide bonds. The van der Waals surface area contributed by atoms with Crippen molar-refractivity contribution >= 4 is 11.8 Å². The van der Waals surface area contributed by atoms with Crippen LogP contribution in [0.15, 0.2) is 0 Å². The summed E-state index contributed by atoms with van der Waals surface area (Å²) in [5.41, 5.74) is 6.44. The zero-order valence-electron chi connectivity index (χ0n) is 10.9. The van der Waals surface area contributed by atoms with E-state index in [1.807, 2.05) is 0 Å². The number of hydrogen-bond donors (Lipinski definition) is 1. The van der Waals surface area contributed by atoms with Gasteiger partial charge in [-0.1, -0.05) is 20.8 Å². The molecular formula is C13H26N2S. The summed E-state index contributed by atoms with van der Waals surface area (Å²) in [7, 11) is 0. The molecule has 2 fully saturated rings. The van der Waals surface area contributed by atoms with Gasteiger partial charge in [0.15, 0.2) is 0 Å². The van der Waals surface area contributed by atoms with Gasteiger partial charge in [0.2, 0.25) is 0 Å². The van der Waals surface area contributed by atoms with E-state index in [1.54, 1.807) is 0 Å². The van der Waals surface area contributed by atoms with Crippen molar-refractivity contribution in [1.82, 2.24) is 4.90 Å². The molecule has 0 spiro atoms. The van der Waals surface area contributed by atoms with E-state index in [-0.39, 0.29) is 0 Å². The lowest BCUT2D eigenvalue weighted by Crippen LogP contribution is -2.60. The molecule has 0 aromatic carbocycles. The summed E-state index contributed by atoms with van der Waals surface area (Å²) >= 11 is 2.12. The van der Waals surface area contributed by atoms with Crippen LogP contribution in [0.2, 0.25) is 0 Å². The molecule has 4 unspecified atom stereocenters. The minimum atomic E-state index is 0.294. The summed E-state index contributed by atoms with van der Waals surface area (Å²) in [6.45, 7) is 10.5. The van der Waals surface area contributed by atoms with E-state index in [4.69, 9.17) is 5.73 Å². The Hall–Kier alpha value is 0.270. The van der Waals surface area contributed by atoms with Crippen LogP contribution in [0.4, 0.5) is 0 Å². The van der Waals surface area contributed by atoms with Crippen LogP contribution in [-0.2, 0) is 0 Å². The van der Waals surface area contributed by atoms with Gasteiger partial charge in [-0.05, 0) is 30.4 Å². The lowest BCUT2D eigenvalue weighted by atomic mass is 9.87. The molecule has 2 heterocycles. The Bertz CT molecular complexity index is 236. The molecule has 2 saturated heterocycles. The molecule has 0 saturated carbocycles. The molecular weight excluding hydrogens is 216 g/mol. The van der Waals surface area contributed by atoms with E-state index in [2.05, 4.69) is 37.4 Å². The number of thioether (sulfide) groups is 1. The Labute approximate surface area is 104 Å². The van der Waals surface area contributed by atoms with Crippen LogP contribution < -0.4 is 5.73 Å². The Morgan fingerprint density at radius 1 is 1.25 bits per heavy atom. The number of likely N-dealkylation sites (tertiary alicyclic amines) is 1. The second-order valence-electron chi connectivity index (χ2n) is 5.78. The summed E-state index contributed by atoms with van der Waals surface area (Å²) in [6, 6.07) is 0. The van der Waals surface area contributed by atoms with E-state index in [0.29, 0.717) is 10.8 Å². The van der Waals surface area contributed by atoms with Crippen molar-refractivity contribution < 1.29 is 0 Å². The first-order valence-corrected chi connectivity index (χ1v) is 7.72. The first-order chi connectivity index (χ1) is 7.60. The fourth-order valence-corrected chi connectivity index (χ4v) is 4.64. The molecule has 16 heavy (non-hydrogen) atoms. The lowest BCUT2D eigenvalue weighted by molar-refractivity contribution is 0.103. The molecule has 2 aliphatic heterocycles. The smallest absolute Gasteiger partial charge is 0.0447 e. The summed E-state index contributed by atoms with van der Waals surface area (Å²) in [5, 5.41) is 0.698. The van der Waals surface area contributed by atoms with Crippen LogP contribution in [0, 0.1) is 11.8 Å². The molecule has 0 bridgehead atoms. The fraction of sp³-hybridized carbons (Fsp3) is 1.00. The van der Waals surface area contributed by atoms with E-state index >= 15 is 0 Å². The van der Waals surface area contributed by atoms with Crippen LogP contribution in [-0.4, -0.2) is 41.1 Å². The van der Waals surface area contributed by atoms with Crippen molar-refractivity contribution in [2.75, 3.05) is 25.4 Å². The highest BCUT2D eigenvalue weighted by molar-refractivity contribution is 8.00. The van der Waals surface area contributed by atoms with Crippen molar-refractivity contribution in [3.05, 3.63) is 0 Å². The Balaban J connectivity index is 2.14. The highest BCUT2D eigenvalue weighted by atomic mass is 32.2. The third-order valence-electron chi connectivity index (χ3n) is 4.85. The monoisotopic (exact) mass is 242 g/mol. The van der Waals surface area contributed by atoms with Gasteiger partial charge in [0.05, 0.1) is 0 Å². The highest BCUT2D eigenvalue weighted by Gasteiger charge is 2.46. The largest absolute Gasteiger partial charge is 0.329 e. The van der Waals surface area contributed by atoms with Gasteiger partial charge in [-0.15, -0.1) is 0 Å². The topological polar surface area (TPSA) is 29.3 Å². The number of rotatable bonds is 2. The Morgan fingerprint density at radius 2 is 1.88 bits per heavy atom. The maximum absolute atomic E-state index is 6.14. The van der Waals surface area contributed by atoms with Crippen molar-refractivity contribution in [2.45, 2.75) is 44.4 Å². The Morgan fingerprint density at radius 3 is 2.38 bits per heavy atom. The molecule has 2 aliphatic rings. The highest BCUT2D eigenvalue weighted by Crippen LogP contribution is 2.41. The second kappa shape index (κ2) is 4.87. The average Bonchev–Trinajstić information content (AvgIpc) is 2.61. The second-order valence-corrected chi connectivity index (χ2v) is 7.23. The van der Waals surface area contributed by atoms with Crippen LogP contribution in [0.3, 0.4) is 0 Å². The fourth-order valence-electron chi connectivity index (χ4n) is 3.30. The van der Waals surface area contributed by atoms with E-state index in [1.165, 1.54) is 31.7 Å². The molecule has 0 radical (unpaired) electrons. The zero-order valence-corrected chi connectivity index (χ0v) is 11.7. The maximum Gasteiger partial charge on any atom is 0.0447 e. The predicted molar refractivity (Wildman–Crippen MR) is 72.8 cm³/mol. The van der Waals surface area contributed by atoms with Gasteiger partial charge >= 0.3 is 0 Å². The zero-order chi connectivity index (χ0) is 11.8. The van der Waals surface area contributed by atoms with Gasteiger partial charge in [0.1, 0.15) is 0 Å². The summed E-state index contributed by atoms with van der Waals surface area (Å²) < 4.78 is 0. The SMILES string of the molecule is CC1CN(C2(CN)CCCSC2C)CC1C. The standard InChI is InChI=1S/C13H26N2S/c1-10-7-15(8-11(10)2)13(9-14)5-4-6-16-12(13)3/h10-12H,4-9,14H2,1-3H3. The molecule has 0 aromatic heterocycles. The summed E-state index contributed by atoms with van der Waals surface area (Å²) in [5.74, 6) is 2.99.